The first-order chi connectivity index (χ1) is 8.84. The van der Waals surface area contributed by atoms with Gasteiger partial charge in [0.1, 0.15) is 6.26 Å². The smallest absolute Gasteiger partial charge is 0.282 e. The van der Waals surface area contributed by atoms with Crippen LogP contribution in [0.2, 0.25) is 0 Å². The van der Waals surface area contributed by atoms with Gasteiger partial charge in [-0.25, -0.2) is 0 Å². The van der Waals surface area contributed by atoms with Crippen molar-refractivity contribution >= 4 is 0 Å². The summed E-state index contributed by atoms with van der Waals surface area (Å²) in [7, 11) is 0. The van der Waals surface area contributed by atoms with E-state index >= 15 is 0 Å². The normalized spacial score (nSPS) is 30.4. The van der Waals surface area contributed by atoms with Gasteiger partial charge < -0.3 is 9.84 Å². The van der Waals surface area contributed by atoms with E-state index in [-0.39, 0.29) is 11.6 Å². The lowest BCUT2D eigenvalue weighted by molar-refractivity contribution is 0.132. The predicted molar refractivity (Wildman–Crippen MR) is 69.6 cm³/mol. The lowest BCUT2D eigenvalue weighted by Crippen LogP contribution is -2.45. The van der Waals surface area contributed by atoms with Crippen LogP contribution in [0.15, 0.2) is 21.6 Å². The highest BCUT2D eigenvalue weighted by Gasteiger charge is 2.30. The molecule has 0 spiro atoms. The third-order valence-corrected chi connectivity index (χ3v) is 4.56. The number of aromatic nitrogens is 1. The van der Waals surface area contributed by atoms with Crippen LogP contribution in [0.3, 0.4) is 0 Å². The lowest BCUT2D eigenvalue weighted by Gasteiger charge is -2.36. The van der Waals surface area contributed by atoms with Crippen LogP contribution in [0.4, 0.5) is 0 Å². The van der Waals surface area contributed by atoms with Gasteiger partial charge in [0.2, 0.25) is 0 Å². The van der Waals surface area contributed by atoms with Crippen LogP contribution >= 0.6 is 0 Å². The zero-order chi connectivity index (χ0) is 12.4. The van der Waals surface area contributed by atoms with Crippen molar-refractivity contribution in [3.8, 4) is 0 Å². The molecule has 1 aliphatic heterocycles. The molecular weight excluding hydrogens is 228 g/mol. The summed E-state index contributed by atoms with van der Waals surface area (Å²) in [6.07, 6.45) is 10.4. The lowest BCUT2D eigenvalue weighted by atomic mass is 9.80. The molecule has 0 radical (unpaired) electrons. The largest absolute Gasteiger partial charge is 0.384 e. The minimum Gasteiger partial charge on any atom is -0.384 e. The number of nitrogens with zero attached hydrogens (tertiary/aromatic N) is 1. The highest BCUT2D eigenvalue weighted by Crippen LogP contribution is 2.32. The van der Waals surface area contributed by atoms with Gasteiger partial charge in [-0.15, -0.1) is 0 Å². The van der Waals surface area contributed by atoms with Gasteiger partial charge in [-0.05, 0) is 38.1 Å². The Morgan fingerprint density at radius 2 is 2.06 bits per heavy atom. The Morgan fingerprint density at radius 1 is 1.22 bits per heavy atom. The molecule has 1 N–H and O–H groups in total. The molecular formula is C14H22N2O2. The van der Waals surface area contributed by atoms with Crippen molar-refractivity contribution in [1.82, 2.24) is 10.1 Å². The van der Waals surface area contributed by atoms with E-state index in [0.717, 1.165) is 25.3 Å². The molecule has 1 saturated heterocycles. The van der Waals surface area contributed by atoms with E-state index in [0.29, 0.717) is 6.04 Å². The minimum atomic E-state index is 0.00398. The van der Waals surface area contributed by atoms with Crippen LogP contribution in [-0.2, 0) is 0 Å². The first kappa shape index (κ1) is 12.0. The Bertz CT molecular complexity index is 431. The van der Waals surface area contributed by atoms with E-state index in [1.165, 1.54) is 44.4 Å². The fourth-order valence-electron chi connectivity index (χ4n) is 3.58. The van der Waals surface area contributed by atoms with Crippen molar-refractivity contribution in [2.45, 2.75) is 57.0 Å². The van der Waals surface area contributed by atoms with Crippen molar-refractivity contribution in [1.29, 1.82) is 0 Å². The molecule has 0 bridgehead atoms. The highest BCUT2D eigenvalue weighted by atomic mass is 16.5. The number of nitrogens with one attached hydrogen (secondary N) is 1. The fourth-order valence-corrected chi connectivity index (χ4v) is 3.58. The third-order valence-electron chi connectivity index (χ3n) is 4.56. The van der Waals surface area contributed by atoms with E-state index in [4.69, 9.17) is 4.52 Å². The second-order valence-corrected chi connectivity index (χ2v) is 5.71. The Hall–Kier alpha value is -1.03. The summed E-state index contributed by atoms with van der Waals surface area (Å²) < 4.78 is 6.88. The van der Waals surface area contributed by atoms with Crippen molar-refractivity contribution in [3.05, 3.63) is 22.7 Å². The van der Waals surface area contributed by atoms with Gasteiger partial charge in [0.05, 0.1) is 6.04 Å². The summed E-state index contributed by atoms with van der Waals surface area (Å²) in [5, 5.41) is 3.64. The number of hydrogen-bond acceptors (Lipinski definition) is 3. The topological polar surface area (TPSA) is 47.2 Å². The van der Waals surface area contributed by atoms with E-state index in [1.807, 2.05) is 0 Å². The Morgan fingerprint density at radius 3 is 2.78 bits per heavy atom. The standard InChI is InChI=1S/C14H22N2O2/c17-14-7-9-18-16(14)12-6-8-15-13(10-12)11-4-2-1-3-5-11/h7,9,11-13,15H,1-6,8,10H2/t12-,13-/m0/s1. The molecule has 18 heavy (non-hydrogen) atoms. The molecule has 2 fully saturated rings. The third kappa shape index (κ3) is 2.39. The molecule has 3 rings (SSSR count). The molecule has 0 amide bonds. The maximum Gasteiger partial charge on any atom is 0.282 e. The van der Waals surface area contributed by atoms with Crippen molar-refractivity contribution in [3.63, 3.8) is 0 Å². The monoisotopic (exact) mass is 250 g/mol. The molecule has 0 aromatic carbocycles. The van der Waals surface area contributed by atoms with Crippen molar-refractivity contribution in [2.24, 2.45) is 5.92 Å². The van der Waals surface area contributed by atoms with Gasteiger partial charge in [0.25, 0.3) is 5.56 Å². The molecule has 1 aliphatic carbocycles. The average molecular weight is 250 g/mol. The zero-order valence-electron chi connectivity index (χ0n) is 10.8. The number of rotatable bonds is 2. The maximum absolute atomic E-state index is 11.7. The molecule has 0 unspecified atom stereocenters. The highest BCUT2D eigenvalue weighted by molar-refractivity contribution is 4.89. The van der Waals surface area contributed by atoms with Crippen LogP contribution in [0, 0.1) is 5.92 Å². The molecule has 4 nitrogen and oxygen atoms in total. The van der Waals surface area contributed by atoms with E-state index in [9.17, 15) is 4.79 Å². The second kappa shape index (κ2) is 5.31. The van der Waals surface area contributed by atoms with Gasteiger partial charge in [0, 0.05) is 12.1 Å². The summed E-state index contributed by atoms with van der Waals surface area (Å²) in [6.45, 7) is 0.999. The molecule has 1 saturated carbocycles. The van der Waals surface area contributed by atoms with E-state index in [1.54, 1.807) is 4.74 Å². The summed E-state index contributed by atoms with van der Waals surface area (Å²) in [5.74, 6) is 0.798. The first-order valence-corrected chi connectivity index (χ1v) is 7.24. The summed E-state index contributed by atoms with van der Waals surface area (Å²) in [5.41, 5.74) is 0.00398. The van der Waals surface area contributed by atoms with E-state index < -0.39 is 0 Å². The first-order valence-electron chi connectivity index (χ1n) is 7.24. The molecule has 2 atom stereocenters. The van der Waals surface area contributed by atoms with E-state index in [2.05, 4.69) is 5.32 Å². The van der Waals surface area contributed by atoms with Gasteiger partial charge in [-0.1, -0.05) is 19.3 Å². The Kier molecular flexibility index (Phi) is 3.55. The van der Waals surface area contributed by atoms with Crippen LogP contribution in [0.5, 0.6) is 0 Å². The fraction of sp³-hybridized carbons (Fsp3) is 0.786. The molecule has 1 aromatic heterocycles. The molecule has 2 aliphatic rings. The quantitative estimate of drug-likeness (QED) is 0.876. The van der Waals surface area contributed by atoms with Gasteiger partial charge in [-0.2, -0.15) is 4.74 Å². The molecule has 1 aromatic rings. The number of piperidine rings is 1. The zero-order valence-corrected chi connectivity index (χ0v) is 10.8. The Labute approximate surface area is 107 Å². The predicted octanol–water partition coefficient (Wildman–Crippen LogP) is 2.31. The maximum atomic E-state index is 11.7. The van der Waals surface area contributed by atoms with Crippen molar-refractivity contribution in [2.75, 3.05) is 6.54 Å². The van der Waals surface area contributed by atoms with Crippen LogP contribution < -0.4 is 10.9 Å². The van der Waals surface area contributed by atoms with Crippen LogP contribution in [0.25, 0.3) is 0 Å². The number of hydrogen-bond donors (Lipinski definition) is 1. The summed E-state index contributed by atoms with van der Waals surface area (Å²) >= 11 is 0. The van der Waals surface area contributed by atoms with Gasteiger partial charge in [0.15, 0.2) is 0 Å². The average Bonchev–Trinajstić information content (AvgIpc) is 2.86. The minimum absolute atomic E-state index is 0.00398. The molecule has 4 heteroatoms. The molecule has 100 valence electrons. The van der Waals surface area contributed by atoms with Gasteiger partial charge in [-0.3, -0.25) is 4.79 Å². The SMILES string of the molecule is O=c1ccon1[C@H]1CCN[C@H](C2CCCCC2)C1. The summed E-state index contributed by atoms with van der Waals surface area (Å²) in [4.78, 5) is 11.7. The second-order valence-electron chi connectivity index (χ2n) is 5.71. The van der Waals surface area contributed by atoms with Gasteiger partial charge >= 0.3 is 0 Å². The summed E-state index contributed by atoms with van der Waals surface area (Å²) in [6, 6.07) is 2.33. The van der Waals surface area contributed by atoms with Crippen LogP contribution in [-0.4, -0.2) is 17.3 Å². The molecule has 2 heterocycles. The Balaban J connectivity index is 1.68. The van der Waals surface area contributed by atoms with Crippen molar-refractivity contribution < 1.29 is 4.52 Å². The van der Waals surface area contributed by atoms with Crippen LogP contribution in [0.1, 0.15) is 51.0 Å².